The van der Waals surface area contributed by atoms with Crippen LogP contribution < -0.4 is 5.32 Å². The van der Waals surface area contributed by atoms with E-state index in [0.29, 0.717) is 0 Å². The van der Waals surface area contributed by atoms with Gasteiger partial charge in [0.2, 0.25) is 0 Å². The maximum atomic E-state index is 3.20. The zero-order valence-corrected chi connectivity index (χ0v) is 11.0. The lowest BCUT2D eigenvalue weighted by Crippen LogP contribution is -2.26. The van der Waals surface area contributed by atoms with E-state index in [0.717, 1.165) is 0 Å². The number of rotatable bonds is 11. The van der Waals surface area contributed by atoms with Gasteiger partial charge in [-0.1, -0.05) is 26.7 Å². The maximum absolute atomic E-state index is 3.20. The standard InChI is InChI=1S/C13H30N2/c1-4-11-15(12-5-2)13-9-7-6-8-10-14-3/h14H,4-13H2,1-3H3. The Bertz CT molecular complexity index is 109. The Kier molecular flexibility index (Phi) is 11.9. The van der Waals surface area contributed by atoms with Crippen molar-refractivity contribution >= 4 is 0 Å². The Morgan fingerprint density at radius 2 is 1.40 bits per heavy atom. The molecule has 0 aromatic rings. The molecule has 15 heavy (non-hydrogen) atoms. The second-order valence-electron chi connectivity index (χ2n) is 4.36. The van der Waals surface area contributed by atoms with Crippen LogP contribution in [-0.2, 0) is 0 Å². The monoisotopic (exact) mass is 214 g/mol. The Labute approximate surface area is 96.4 Å². The predicted molar refractivity (Wildman–Crippen MR) is 69.4 cm³/mol. The Hall–Kier alpha value is -0.0800. The molecule has 0 rings (SSSR count). The summed E-state index contributed by atoms with van der Waals surface area (Å²) < 4.78 is 0. The normalized spacial score (nSPS) is 11.2. The molecule has 0 aliphatic carbocycles. The van der Waals surface area contributed by atoms with E-state index < -0.39 is 0 Å². The Morgan fingerprint density at radius 1 is 0.800 bits per heavy atom. The van der Waals surface area contributed by atoms with Gasteiger partial charge >= 0.3 is 0 Å². The van der Waals surface area contributed by atoms with Crippen LogP contribution in [0.1, 0.15) is 52.4 Å². The van der Waals surface area contributed by atoms with Crippen LogP contribution in [0, 0.1) is 0 Å². The summed E-state index contributed by atoms with van der Waals surface area (Å²) >= 11 is 0. The average Bonchev–Trinajstić information content (AvgIpc) is 2.24. The highest BCUT2D eigenvalue weighted by atomic mass is 15.1. The fourth-order valence-corrected chi connectivity index (χ4v) is 1.96. The van der Waals surface area contributed by atoms with Gasteiger partial charge in [-0.3, -0.25) is 0 Å². The third-order valence-electron chi connectivity index (χ3n) is 2.73. The summed E-state index contributed by atoms with van der Waals surface area (Å²) in [7, 11) is 2.03. The quantitative estimate of drug-likeness (QED) is 0.532. The maximum Gasteiger partial charge on any atom is -0.00187 e. The first-order valence-electron chi connectivity index (χ1n) is 6.72. The van der Waals surface area contributed by atoms with Crippen molar-refractivity contribution in [1.82, 2.24) is 10.2 Å². The first-order chi connectivity index (χ1) is 7.35. The lowest BCUT2D eigenvalue weighted by Gasteiger charge is -2.20. The second-order valence-corrected chi connectivity index (χ2v) is 4.36. The molecule has 0 spiro atoms. The second kappa shape index (κ2) is 12.0. The number of hydrogen-bond acceptors (Lipinski definition) is 2. The van der Waals surface area contributed by atoms with Crippen molar-refractivity contribution in [1.29, 1.82) is 0 Å². The third kappa shape index (κ3) is 10.2. The van der Waals surface area contributed by atoms with Crippen LogP contribution in [-0.4, -0.2) is 38.1 Å². The molecule has 0 fully saturated rings. The van der Waals surface area contributed by atoms with E-state index in [1.54, 1.807) is 0 Å². The van der Waals surface area contributed by atoms with Crippen molar-refractivity contribution < 1.29 is 0 Å². The number of nitrogens with zero attached hydrogens (tertiary/aromatic N) is 1. The highest BCUT2D eigenvalue weighted by molar-refractivity contribution is 4.56. The molecule has 0 amide bonds. The van der Waals surface area contributed by atoms with Gasteiger partial charge in [0, 0.05) is 0 Å². The zero-order valence-electron chi connectivity index (χ0n) is 11.0. The van der Waals surface area contributed by atoms with Crippen molar-refractivity contribution in [2.24, 2.45) is 0 Å². The molecule has 0 atom stereocenters. The van der Waals surface area contributed by atoms with Gasteiger partial charge in [-0.05, 0) is 58.9 Å². The van der Waals surface area contributed by atoms with Crippen LogP contribution in [0.4, 0.5) is 0 Å². The van der Waals surface area contributed by atoms with Crippen LogP contribution in [0.15, 0.2) is 0 Å². The van der Waals surface area contributed by atoms with Crippen LogP contribution in [0.3, 0.4) is 0 Å². The Balaban J connectivity index is 3.28. The van der Waals surface area contributed by atoms with Crippen LogP contribution in [0.5, 0.6) is 0 Å². The summed E-state index contributed by atoms with van der Waals surface area (Å²) in [6.07, 6.45) is 8.07. The lowest BCUT2D eigenvalue weighted by molar-refractivity contribution is 0.268. The molecule has 2 heteroatoms. The molecule has 0 radical (unpaired) electrons. The van der Waals surface area contributed by atoms with E-state index in [-0.39, 0.29) is 0 Å². The highest BCUT2D eigenvalue weighted by Crippen LogP contribution is 2.02. The van der Waals surface area contributed by atoms with Crippen molar-refractivity contribution in [3.8, 4) is 0 Å². The molecule has 2 nitrogen and oxygen atoms in total. The summed E-state index contributed by atoms with van der Waals surface area (Å²) in [5.41, 5.74) is 0. The molecule has 92 valence electrons. The first kappa shape index (κ1) is 14.9. The molecule has 0 unspecified atom stereocenters. The van der Waals surface area contributed by atoms with E-state index in [1.165, 1.54) is 64.7 Å². The van der Waals surface area contributed by atoms with Crippen LogP contribution >= 0.6 is 0 Å². The molecule has 0 heterocycles. The number of nitrogens with one attached hydrogen (secondary N) is 1. The summed E-state index contributed by atoms with van der Waals surface area (Å²) in [6, 6.07) is 0. The largest absolute Gasteiger partial charge is 0.320 e. The van der Waals surface area contributed by atoms with Gasteiger partial charge < -0.3 is 10.2 Å². The van der Waals surface area contributed by atoms with Crippen molar-refractivity contribution in [3.63, 3.8) is 0 Å². The SMILES string of the molecule is CCCN(CCC)CCCCCCNC. The minimum Gasteiger partial charge on any atom is -0.320 e. The molecule has 0 saturated carbocycles. The van der Waals surface area contributed by atoms with Crippen LogP contribution in [0.2, 0.25) is 0 Å². The van der Waals surface area contributed by atoms with Crippen molar-refractivity contribution in [2.75, 3.05) is 33.2 Å². The summed E-state index contributed by atoms with van der Waals surface area (Å²) in [6.45, 7) is 9.59. The average molecular weight is 214 g/mol. The van der Waals surface area contributed by atoms with E-state index in [2.05, 4.69) is 24.1 Å². The third-order valence-corrected chi connectivity index (χ3v) is 2.73. The van der Waals surface area contributed by atoms with E-state index in [1.807, 2.05) is 7.05 Å². The van der Waals surface area contributed by atoms with Crippen molar-refractivity contribution in [3.05, 3.63) is 0 Å². The van der Waals surface area contributed by atoms with Gasteiger partial charge in [0.05, 0.1) is 0 Å². The fraction of sp³-hybridized carbons (Fsp3) is 1.00. The lowest BCUT2D eigenvalue weighted by atomic mass is 10.2. The molecule has 0 aliphatic heterocycles. The molecule has 0 aromatic carbocycles. The van der Waals surface area contributed by atoms with Gasteiger partial charge in [-0.25, -0.2) is 0 Å². The van der Waals surface area contributed by atoms with Crippen molar-refractivity contribution in [2.45, 2.75) is 52.4 Å². The smallest absolute Gasteiger partial charge is 0.00187 e. The van der Waals surface area contributed by atoms with Gasteiger partial charge in [-0.15, -0.1) is 0 Å². The summed E-state index contributed by atoms with van der Waals surface area (Å²) in [5.74, 6) is 0. The molecular weight excluding hydrogens is 184 g/mol. The first-order valence-corrected chi connectivity index (χ1v) is 6.72. The molecular formula is C13H30N2. The molecule has 0 aromatic heterocycles. The van der Waals surface area contributed by atoms with E-state index >= 15 is 0 Å². The highest BCUT2D eigenvalue weighted by Gasteiger charge is 2.01. The molecule has 0 aliphatic rings. The molecule has 0 bridgehead atoms. The number of hydrogen-bond donors (Lipinski definition) is 1. The van der Waals surface area contributed by atoms with Gasteiger partial charge in [-0.2, -0.15) is 0 Å². The summed E-state index contributed by atoms with van der Waals surface area (Å²) in [4.78, 5) is 2.61. The molecule has 0 saturated heterocycles. The molecule has 1 N–H and O–H groups in total. The van der Waals surface area contributed by atoms with Gasteiger partial charge in [0.1, 0.15) is 0 Å². The van der Waals surface area contributed by atoms with Gasteiger partial charge in [0.15, 0.2) is 0 Å². The van der Waals surface area contributed by atoms with E-state index in [9.17, 15) is 0 Å². The zero-order chi connectivity index (χ0) is 11.4. The predicted octanol–water partition coefficient (Wildman–Crippen LogP) is 2.89. The fourth-order valence-electron chi connectivity index (χ4n) is 1.96. The Morgan fingerprint density at radius 3 is 1.93 bits per heavy atom. The summed E-state index contributed by atoms with van der Waals surface area (Å²) in [5, 5.41) is 3.20. The minimum absolute atomic E-state index is 1.17. The number of unbranched alkanes of at least 4 members (excludes halogenated alkanes) is 3. The minimum atomic E-state index is 1.17. The van der Waals surface area contributed by atoms with Crippen LogP contribution in [0.25, 0.3) is 0 Å². The topological polar surface area (TPSA) is 15.3 Å². The van der Waals surface area contributed by atoms with Gasteiger partial charge in [0.25, 0.3) is 0 Å². The van der Waals surface area contributed by atoms with E-state index in [4.69, 9.17) is 0 Å².